The van der Waals surface area contributed by atoms with Crippen molar-refractivity contribution >= 4 is 12.2 Å². The van der Waals surface area contributed by atoms with Gasteiger partial charge in [-0.3, -0.25) is 14.6 Å². The van der Waals surface area contributed by atoms with E-state index >= 15 is 0 Å². The summed E-state index contributed by atoms with van der Waals surface area (Å²) in [5.74, 6) is 1.59. The second-order valence-corrected chi connectivity index (χ2v) is 4.54. The first kappa shape index (κ1) is 11.9. The van der Waals surface area contributed by atoms with Crippen molar-refractivity contribution in [2.24, 2.45) is 0 Å². The van der Waals surface area contributed by atoms with Gasteiger partial charge in [0.05, 0.1) is 12.3 Å². The Morgan fingerprint density at radius 3 is 2.95 bits per heavy atom. The van der Waals surface area contributed by atoms with Crippen LogP contribution in [0.3, 0.4) is 0 Å². The molecule has 0 amide bonds. The van der Waals surface area contributed by atoms with Crippen molar-refractivity contribution in [1.82, 2.24) is 19.7 Å². The van der Waals surface area contributed by atoms with Gasteiger partial charge in [0, 0.05) is 18.0 Å². The van der Waals surface area contributed by atoms with Crippen LogP contribution in [0.2, 0.25) is 0 Å². The summed E-state index contributed by atoms with van der Waals surface area (Å²) in [6, 6.07) is 7.57. The summed E-state index contributed by atoms with van der Waals surface area (Å²) in [6.07, 6.45) is 5.14. The van der Waals surface area contributed by atoms with E-state index in [0.717, 1.165) is 17.1 Å². The summed E-state index contributed by atoms with van der Waals surface area (Å²) in [6.45, 7) is 2.02. The fraction of sp³-hybridized carbons (Fsp3) is 0.154. The van der Waals surface area contributed by atoms with E-state index < -0.39 is 0 Å². The number of aromatic nitrogens is 4. The molecule has 0 radical (unpaired) electrons. The zero-order chi connectivity index (χ0) is 13.2. The molecule has 5 nitrogen and oxygen atoms in total. The number of H-pyrrole nitrogens is 1. The zero-order valence-electron chi connectivity index (χ0n) is 10.3. The normalized spacial score (nSPS) is 12.5. The van der Waals surface area contributed by atoms with Crippen LogP contribution in [-0.2, 0) is 0 Å². The molecule has 0 fully saturated rings. The molecule has 1 atom stereocenters. The Hall–Kier alpha value is -2.21. The van der Waals surface area contributed by atoms with Crippen molar-refractivity contribution in [3.63, 3.8) is 0 Å². The fourth-order valence-corrected chi connectivity index (χ4v) is 2.31. The maximum Gasteiger partial charge on any atom is 0.196 e. The molecule has 0 aromatic carbocycles. The minimum absolute atomic E-state index is 0.0311. The van der Waals surface area contributed by atoms with E-state index in [0.29, 0.717) is 4.77 Å². The van der Waals surface area contributed by atoms with Gasteiger partial charge in [-0.25, -0.2) is 0 Å². The lowest BCUT2D eigenvalue weighted by Gasteiger charge is -2.13. The second-order valence-electron chi connectivity index (χ2n) is 4.16. The molecule has 1 N–H and O–H groups in total. The summed E-state index contributed by atoms with van der Waals surface area (Å²) in [4.78, 5) is 4.11. The van der Waals surface area contributed by atoms with Gasteiger partial charge in [0.1, 0.15) is 5.76 Å². The highest BCUT2D eigenvalue weighted by atomic mass is 32.1. The lowest BCUT2D eigenvalue weighted by molar-refractivity contribution is 0.445. The van der Waals surface area contributed by atoms with Gasteiger partial charge in [0.25, 0.3) is 0 Å². The molecule has 0 aliphatic carbocycles. The van der Waals surface area contributed by atoms with Gasteiger partial charge < -0.3 is 4.42 Å². The largest absolute Gasteiger partial charge is 0.467 e. The molecule has 19 heavy (non-hydrogen) atoms. The lowest BCUT2D eigenvalue weighted by Crippen LogP contribution is -2.08. The van der Waals surface area contributed by atoms with Gasteiger partial charge in [-0.15, -0.1) is 0 Å². The van der Waals surface area contributed by atoms with Crippen LogP contribution in [-0.4, -0.2) is 19.7 Å². The molecule has 3 heterocycles. The summed E-state index contributed by atoms with van der Waals surface area (Å²) < 4.78 is 7.92. The number of furan rings is 1. The quantitative estimate of drug-likeness (QED) is 0.744. The highest BCUT2D eigenvalue weighted by Crippen LogP contribution is 2.25. The molecule has 96 valence electrons. The number of nitrogens with zero attached hydrogens (tertiary/aromatic N) is 3. The predicted molar refractivity (Wildman–Crippen MR) is 73.2 cm³/mol. The van der Waals surface area contributed by atoms with Crippen LogP contribution in [0.4, 0.5) is 0 Å². The second kappa shape index (κ2) is 4.81. The number of nitrogens with one attached hydrogen (secondary N) is 1. The number of pyridine rings is 1. The van der Waals surface area contributed by atoms with E-state index in [1.165, 1.54) is 0 Å². The van der Waals surface area contributed by atoms with E-state index in [1.807, 2.05) is 35.8 Å². The Labute approximate surface area is 114 Å². The Morgan fingerprint density at radius 1 is 1.37 bits per heavy atom. The highest BCUT2D eigenvalue weighted by molar-refractivity contribution is 7.71. The summed E-state index contributed by atoms with van der Waals surface area (Å²) >= 11 is 5.31. The van der Waals surface area contributed by atoms with Crippen LogP contribution in [0.5, 0.6) is 0 Å². The van der Waals surface area contributed by atoms with Crippen LogP contribution in [0.1, 0.15) is 18.7 Å². The van der Waals surface area contributed by atoms with Crippen molar-refractivity contribution in [2.75, 3.05) is 0 Å². The van der Waals surface area contributed by atoms with Gasteiger partial charge in [0.2, 0.25) is 0 Å². The van der Waals surface area contributed by atoms with Gasteiger partial charge in [-0.1, -0.05) is 0 Å². The van der Waals surface area contributed by atoms with E-state index in [1.54, 1.807) is 18.7 Å². The Kier molecular flexibility index (Phi) is 3.00. The Bertz CT molecular complexity index is 715. The van der Waals surface area contributed by atoms with Gasteiger partial charge in [-0.05, 0) is 43.4 Å². The molecule has 0 aliphatic rings. The summed E-state index contributed by atoms with van der Waals surface area (Å²) in [5, 5.41) is 7.11. The van der Waals surface area contributed by atoms with Crippen molar-refractivity contribution in [2.45, 2.75) is 13.0 Å². The van der Waals surface area contributed by atoms with E-state index in [9.17, 15) is 0 Å². The third-order valence-electron chi connectivity index (χ3n) is 2.97. The Morgan fingerprint density at radius 2 is 2.26 bits per heavy atom. The molecule has 0 saturated heterocycles. The van der Waals surface area contributed by atoms with Gasteiger partial charge in [-0.2, -0.15) is 5.10 Å². The molecule has 1 unspecified atom stereocenters. The van der Waals surface area contributed by atoms with Crippen molar-refractivity contribution < 1.29 is 4.42 Å². The van der Waals surface area contributed by atoms with Crippen LogP contribution < -0.4 is 0 Å². The molecule has 0 spiro atoms. The molecule has 0 bridgehead atoms. The SMILES string of the molecule is CC(c1ccco1)n1c(-c2cccnc2)n[nH]c1=S. The third kappa shape index (κ3) is 2.10. The Balaban J connectivity index is 2.12. The first-order valence-corrected chi connectivity index (χ1v) is 6.29. The van der Waals surface area contributed by atoms with Crippen molar-refractivity contribution in [3.8, 4) is 11.4 Å². The lowest BCUT2D eigenvalue weighted by atomic mass is 10.2. The number of rotatable bonds is 3. The van der Waals surface area contributed by atoms with E-state index in [-0.39, 0.29) is 6.04 Å². The first-order chi connectivity index (χ1) is 9.27. The fourth-order valence-electron chi connectivity index (χ4n) is 2.02. The molecule has 3 aromatic rings. The first-order valence-electron chi connectivity index (χ1n) is 5.88. The predicted octanol–water partition coefficient (Wildman–Crippen LogP) is 3.20. The maximum absolute atomic E-state index is 5.44. The molecular weight excluding hydrogens is 260 g/mol. The zero-order valence-corrected chi connectivity index (χ0v) is 11.1. The summed E-state index contributed by atoms with van der Waals surface area (Å²) in [7, 11) is 0. The smallest absolute Gasteiger partial charge is 0.196 e. The molecular formula is C13H12N4OS. The summed E-state index contributed by atoms with van der Waals surface area (Å²) in [5.41, 5.74) is 0.910. The van der Waals surface area contributed by atoms with Crippen LogP contribution in [0, 0.1) is 4.77 Å². The third-order valence-corrected chi connectivity index (χ3v) is 3.25. The van der Waals surface area contributed by atoms with Crippen molar-refractivity contribution in [1.29, 1.82) is 0 Å². The molecule has 0 saturated carbocycles. The molecule has 6 heteroatoms. The highest BCUT2D eigenvalue weighted by Gasteiger charge is 2.17. The van der Waals surface area contributed by atoms with Gasteiger partial charge in [0.15, 0.2) is 10.6 Å². The average molecular weight is 272 g/mol. The maximum atomic E-state index is 5.44. The average Bonchev–Trinajstić information content (AvgIpc) is 3.08. The van der Waals surface area contributed by atoms with E-state index in [2.05, 4.69) is 15.2 Å². The minimum Gasteiger partial charge on any atom is -0.467 e. The number of hydrogen-bond acceptors (Lipinski definition) is 4. The van der Waals surface area contributed by atoms with Crippen LogP contribution in [0.25, 0.3) is 11.4 Å². The standard InChI is InChI=1S/C13H12N4OS/c1-9(11-5-3-7-18-11)17-12(15-16-13(17)19)10-4-2-6-14-8-10/h2-9H,1H3,(H,16,19). The van der Waals surface area contributed by atoms with E-state index in [4.69, 9.17) is 16.6 Å². The van der Waals surface area contributed by atoms with Crippen LogP contribution in [0.15, 0.2) is 47.3 Å². The molecule has 3 rings (SSSR count). The van der Waals surface area contributed by atoms with Crippen LogP contribution >= 0.6 is 12.2 Å². The number of aromatic amines is 1. The van der Waals surface area contributed by atoms with Crippen molar-refractivity contribution in [3.05, 3.63) is 53.5 Å². The minimum atomic E-state index is -0.0311. The monoisotopic (exact) mass is 272 g/mol. The number of hydrogen-bond donors (Lipinski definition) is 1. The van der Waals surface area contributed by atoms with Gasteiger partial charge >= 0.3 is 0 Å². The molecule has 3 aromatic heterocycles. The topological polar surface area (TPSA) is 59.6 Å². The molecule has 0 aliphatic heterocycles.